The predicted octanol–water partition coefficient (Wildman–Crippen LogP) is 5.35. The van der Waals surface area contributed by atoms with E-state index in [1.807, 2.05) is 42.5 Å². The predicted molar refractivity (Wildman–Crippen MR) is 102 cm³/mol. The van der Waals surface area contributed by atoms with Crippen molar-refractivity contribution in [3.8, 4) is 21.8 Å². The molecule has 0 bridgehead atoms. The third kappa shape index (κ3) is 3.83. The molecule has 3 rings (SSSR count). The number of aryl methyl sites for hydroxylation is 1. The van der Waals surface area contributed by atoms with Gasteiger partial charge >= 0.3 is 0 Å². The largest absolute Gasteiger partial charge is 0.326 e. The molecule has 1 heterocycles. The van der Waals surface area contributed by atoms with Gasteiger partial charge in [-0.05, 0) is 19.1 Å². The Morgan fingerprint density at radius 1 is 1.08 bits per heavy atom. The number of carbonyl (C=O) groups excluding carboxylic acids is 1. The van der Waals surface area contributed by atoms with E-state index in [0.717, 1.165) is 27.5 Å². The molecule has 0 spiro atoms. The maximum Gasteiger partial charge on any atom is 0.225 e. The van der Waals surface area contributed by atoms with Crippen molar-refractivity contribution >= 4 is 34.5 Å². The van der Waals surface area contributed by atoms with E-state index in [1.54, 1.807) is 11.3 Å². The number of amides is 1. The van der Waals surface area contributed by atoms with Crippen LogP contribution in [0.4, 0.5) is 5.69 Å². The molecule has 0 radical (unpaired) electrons. The van der Waals surface area contributed by atoms with Crippen molar-refractivity contribution in [2.24, 2.45) is 0 Å². The van der Waals surface area contributed by atoms with E-state index in [-0.39, 0.29) is 5.91 Å². The van der Waals surface area contributed by atoms with Crippen molar-refractivity contribution in [3.05, 3.63) is 59.5 Å². The summed E-state index contributed by atoms with van der Waals surface area (Å²) in [6, 6.07) is 17.9. The smallest absolute Gasteiger partial charge is 0.225 e. The van der Waals surface area contributed by atoms with Gasteiger partial charge in [0.25, 0.3) is 0 Å². The highest BCUT2D eigenvalue weighted by Gasteiger charge is 2.11. The standard InChI is InChI=1S/C19H17ClN2OS/c1-13-18(22-19(24-13)15-5-3-2-4-6-15)14-7-9-16(10-8-14)21-17(23)11-12-20/h2-10H,11-12H2,1H3,(H,21,23). The topological polar surface area (TPSA) is 42.0 Å². The van der Waals surface area contributed by atoms with Crippen LogP contribution in [0.5, 0.6) is 0 Å². The molecule has 0 aliphatic carbocycles. The van der Waals surface area contributed by atoms with Gasteiger partial charge in [0, 0.05) is 34.0 Å². The second-order valence-corrected chi connectivity index (χ2v) is 6.94. The van der Waals surface area contributed by atoms with Crippen LogP contribution in [-0.2, 0) is 4.79 Å². The number of nitrogens with zero attached hydrogens (tertiary/aromatic N) is 1. The van der Waals surface area contributed by atoms with Gasteiger partial charge in [0.1, 0.15) is 5.01 Å². The lowest BCUT2D eigenvalue weighted by atomic mass is 10.1. The minimum absolute atomic E-state index is 0.0750. The minimum atomic E-state index is -0.0750. The van der Waals surface area contributed by atoms with Gasteiger partial charge in [-0.2, -0.15) is 0 Å². The average molecular weight is 357 g/mol. The van der Waals surface area contributed by atoms with E-state index in [2.05, 4.69) is 24.4 Å². The van der Waals surface area contributed by atoms with Gasteiger partial charge in [0.2, 0.25) is 5.91 Å². The van der Waals surface area contributed by atoms with E-state index in [9.17, 15) is 4.79 Å². The maximum atomic E-state index is 11.6. The quantitative estimate of drug-likeness (QED) is 0.626. The van der Waals surface area contributed by atoms with Gasteiger partial charge in [-0.25, -0.2) is 4.98 Å². The summed E-state index contributed by atoms with van der Waals surface area (Å²) < 4.78 is 0. The molecule has 1 N–H and O–H groups in total. The molecule has 0 aliphatic heterocycles. The van der Waals surface area contributed by atoms with Gasteiger partial charge < -0.3 is 5.32 Å². The van der Waals surface area contributed by atoms with Gasteiger partial charge in [-0.15, -0.1) is 22.9 Å². The number of carbonyl (C=O) groups is 1. The first-order chi connectivity index (χ1) is 11.7. The summed E-state index contributed by atoms with van der Waals surface area (Å²) in [6.45, 7) is 2.08. The minimum Gasteiger partial charge on any atom is -0.326 e. The third-order valence-corrected chi connectivity index (χ3v) is 4.79. The number of rotatable bonds is 5. The lowest BCUT2D eigenvalue weighted by Crippen LogP contribution is -2.11. The highest BCUT2D eigenvalue weighted by Crippen LogP contribution is 2.33. The Labute approximate surface area is 150 Å². The van der Waals surface area contributed by atoms with Crippen LogP contribution in [0.2, 0.25) is 0 Å². The van der Waals surface area contributed by atoms with Crippen LogP contribution < -0.4 is 5.32 Å². The van der Waals surface area contributed by atoms with Gasteiger partial charge in [-0.3, -0.25) is 4.79 Å². The van der Waals surface area contributed by atoms with Crippen molar-refractivity contribution in [3.63, 3.8) is 0 Å². The highest BCUT2D eigenvalue weighted by atomic mass is 35.5. The Morgan fingerprint density at radius 2 is 1.79 bits per heavy atom. The van der Waals surface area contributed by atoms with Crippen molar-refractivity contribution < 1.29 is 4.79 Å². The van der Waals surface area contributed by atoms with Crippen LogP contribution in [0.15, 0.2) is 54.6 Å². The fraction of sp³-hybridized carbons (Fsp3) is 0.158. The number of hydrogen-bond acceptors (Lipinski definition) is 3. The Hall–Kier alpha value is -2.17. The summed E-state index contributed by atoms with van der Waals surface area (Å²) in [5.41, 5.74) is 3.92. The van der Waals surface area contributed by atoms with Crippen molar-refractivity contribution in [2.75, 3.05) is 11.2 Å². The van der Waals surface area contributed by atoms with Crippen LogP contribution >= 0.6 is 22.9 Å². The van der Waals surface area contributed by atoms with Crippen LogP contribution in [0.25, 0.3) is 21.8 Å². The molecule has 2 aromatic carbocycles. The summed E-state index contributed by atoms with van der Waals surface area (Å²) in [5, 5.41) is 3.84. The number of benzene rings is 2. The third-order valence-electron chi connectivity index (χ3n) is 3.58. The zero-order valence-corrected chi connectivity index (χ0v) is 14.8. The summed E-state index contributed by atoms with van der Waals surface area (Å²) >= 11 is 7.26. The molecule has 1 aromatic heterocycles. The fourth-order valence-corrected chi connectivity index (χ4v) is 3.50. The van der Waals surface area contributed by atoms with E-state index in [4.69, 9.17) is 16.6 Å². The van der Waals surface area contributed by atoms with E-state index < -0.39 is 0 Å². The van der Waals surface area contributed by atoms with Crippen LogP contribution in [0.1, 0.15) is 11.3 Å². The zero-order valence-electron chi connectivity index (χ0n) is 13.3. The highest BCUT2D eigenvalue weighted by molar-refractivity contribution is 7.15. The molecule has 24 heavy (non-hydrogen) atoms. The number of alkyl halides is 1. The van der Waals surface area contributed by atoms with Crippen molar-refractivity contribution in [1.29, 1.82) is 0 Å². The van der Waals surface area contributed by atoms with Crippen LogP contribution in [0, 0.1) is 6.92 Å². The second-order valence-electron chi connectivity index (χ2n) is 5.35. The first-order valence-corrected chi connectivity index (χ1v) is 9.01. The summed E-state index contributed by atoms with van der Waals surface area (Å²) in [7, 11) is 0. The molecular formula is C19H17ClN2OS. The number of anilines is 1. The first-order valence-electron chi connectivity index (χ1n) is 7.66. The van der Waals surface area contributed by atoms with Gasteiger partial charge in [0.05, 0.1) is 5.69 Å². The molecular weight excluding hydrogens is 340 g/mol. The zero-order chi connectivity index (χ0) is 16.9. The Morgan fingerprint density at radius 3 is 2.46 bits per heavy atom. The maximum absolute atomic E-state index is 11.6. The summed E-state index contributed by atoms with van der Waals surface area (Å²) in [5.74, 6) is 0.249. The summed E-state index contributed by atoms with van der Waals surface area (Å²) in [6.07, 6.45) is 0.314. The molecule has 0 fully saturated rings. The van der Waals surface area contributed by atoms with Crippen LogP contribution in [0.3, 0.4) is 0 Å². The fourth-order valence-electron chi connectivity index (χ4n) is 2.39. The molecule has 1 amide bonds. The SMILES string of the molecule is Cc1sc(-c2ccccc2)nc1-c1ccc(NC(=O)CCCl)cc1. The molecule has 0 saturated heterocycles. The molecule has 3 aromatic rings. The molecule has 122 valence electrons. The van der Waals surface area contributed by atoms with Crippen molar-refractivity contribution in [1.82, 2.24) is 4.98 Å². The van der Waals surface area contributed by atoms with Gasteiger partial charge in [-0.1, -0.05) is 42.5 Å². The number of hydrogen-bond donors (Lipinski definition) is 1. The number of aromatic nitrogens is 1. The molecule has 0 unspecified atom stereocenters. The van der Waals surface area contributed by atoms with Crippen molar-refractivity contribution in [2.45, 2.75) is 13.3 Å². The second kappa shape index (κ2) is 7.60. The molecule has 0 aliphatic rings. The number of halogens is 1. The van der Waals surface area contributed by atoms with E-state index >= 15 is 0 Å². The lowest BCUT2D eigenvalue weighted by Gasteiger charge is -2.05. The average Bonchev–Trinajstić information content (AvgIpc) is 2.98. The van der Waals surface area contributed by atoms with Crippen LogP contribution in [-0.4, -0.2) is 16.8 Å². The van der Waals surface area contributed by atoms with Gasteiger partial charge in [0.15, 0.2) is 0 Å². The number of thiazole rings is 1. The molecule has 5 heteroatoms. The Bertz CT molecular complexity index is 828. The molecule has 0 saturated carbocycles. The normalized spacial score (nSPS) is 10.6. The summed E-state index contributed by atoms with van der Waals surface area (Å²) in [4.78, 5) is 17.5. The Balaban J connectivity index is 1.82. The van der Waals surface area contributed by atoms with E-state index in [0.29, 0.717) is 12.3 Å². The Kier molecular flexibility index (Phi) is 5.28. The molecule has 3 nitrogen and oxygen atoms in total. The number of nitrogens with one attached hydrogen (secondary N) is 1. The monoisotopic (exact) mass is 356 g/mol. The van der Waals surface area contributed by atoms with E-state index in [1.165, 1.54) is 4.88 Å². The first kappa shape index (κ1) is 16.7. The molecule has 0 atom stereocenters. The lowest BCUT2D eigenvalue weighted by molar-refractivity contribution is -0.115.